The molecule has 0 aromatic heterocycles. The second kappa shape index (κ2) is 3.20. The van der Waals surface area contributed by atoms with Crippen LogP contribution in [0.5, 0.6) is 0 Å². The molecule has 2 N–H and O–H groups in total. The summed E-state index contributed by atoms with van der Waals surface area (Å²) >= 11 is 0. The Morgan fingerprint density at radius 1 is 1.20 bits per heavy atom. The lowest BCUT2D eigenvalue weighted by atomic mass is 9.82. The van der Waals surface area contributed by atoms with E-state index in [-0.39, 0.29) is 24.1 Å². The highest BCUT2D eigenvalue weighted by molar-refractivity contribution is 6.00. The number of imide groups is 1. The Kier molecular flexibility index (Phi) is 1.95. The predicted octanol–water partition coefficient (Wildman–Crippen LogP) is 0.152. The Labute approximate surface area is 87.5 Å². The van der Waals surface area contributed by atoms with Gasteiger partial charge in [-0.15, -0.1) is 0 Å². The minimum Gasteiger partial charge on any atom is -0.363 e. The molecule has 4 unspecified atom stereocenters. The fraction of sp³-hybridized carbons (Fsp3) is 0.800. The zero-order chi connectivity index (χ0) is 10.4. The Morgan fingerprint density at radius 2 is 2.00 bits per heavy atom. The largest absolute Gasteiger partial charge is 0.363 e. The number of carbonyl (C=O) groups excluding carboxylic acids is 2. The van der Waals surface area contributed by atoms with Gasteiger partial charge in [-0.05, 0) is 12.8 Å². The number of rotatable bonds is 0. The van der Waals surface area contributed by atoms with Crippen LogP contribution in [0, 0.1) is 5.92 Å². The molecule has 3 aliphatic rings. The molecule has 4 atom stereocenters. The summed E-state index contributed by atoms with van der Waals surface area (Å²) in [5.41, 5.74) is 0. The van der Waals surface area contributed by atoms with E-state index in [1.807, 2.05) is 0 Å². The van der Waals surface area contributed by atoms with Crippen molar-refractivity contribution in [2.24, 2.45) is 5.92 Å². The van der Waals surface area contributed by atoms with Crippen molar-refractivity contribution < 1.29 is 14.3 Å². The van der Waals surface area contributed by atoms with Gasteiger partial charge in [-0.1, -0.05) is 12.8 Å². The SMILES string of the molecule is O=C1NC(=O)C2OC3CCCCC3C2N1. The standard InChI is InChI=1S/C10H14N2O3/c13-9-8-7(11-10(14)12-9)5-3-1-2-4-6(5)15-8/h5-8H,1-4H2,(H2,11,12,13,14). The minimum absolute atomic E-state index is 0.100. The molecular weight excluding hydrogens is 196 g/mol. The highest BCUT2D eigenvalue weighted by Gasteiger charge is 2.51. The van der Waals surface area contributed by atoms with Crippen molar-refractivity contribution in [3.8, 4) is 0 Å². The summed E-state index contributed by atoms with van der Waals surface area (Å²) in [6.07, 6.45) is 4.11. The average Bonchev–Trinajstić information content (AvgIpc) is 2.57. The van der Waals surface area contributed by atoms with Crippen molar-refractivity contribution in [2.45, 2.75) is 43.9 Å². The molecule has 0 bridgehead atoms. The van der Waals surface area contributed by atoms with Crippen LogP contribution in [0.2, 0.25) is 0 Å². The van der Waals surface area contributed by atoms with E-state index in [2.05, 4.69) is 10.6 Å². The van der Waals surface area contributed by atoms with E-state index in [0.29, 0.717) is 5.92 Å². The molecule has 5 nitrogen and oxygen atoms in total. The monoisotopic (exact) mass is 210 g/mol. The quantitative estimate of drug-likeness (QED) is 0.598. The number of ether oxygens (including phenoxy) is 1. The smallest absolute Gasteiger partial charge is 0.321 e. The van der Waals surface area contributed by atoms with Gasteiger partial charge in [-0.3, -0.25) is 10.1 Å². The van der Waals surface area contributed by atoms with Gasteiger partial charge < -0.3 is 10.1 Å². The summed E-state index contributed by atoms with van der Waals surface area (Å²) in [6.45, 7) is 0. The molecule has 0 aromatic carbocycles. The zero-order valence-corrected chi connectivity index (χ0v) is 8.36. The summed E-state index contributed by atoms with van der Waals surface area (Å²) < 4.78 is 5.70. The van der Waals surface area contributed by atoms with Crippen LogP contribution in [0.4, 0.5) is 4.79 Å². The van der Waals surface area contributed by atoms with Crippen LogP contribution in [0.1, 0.15) is 25.7 Å². The number of carbonyl (C=O) groups is 2. The number of hydrogen-bond donors (Lipinski definition) is 2. The summed E-state index contributed by atoms with van der Waals surface area (Å²) in [5, 5.41) is 5.06. The molecule has 3 fully saturated rings. The molecular formula is C10H14N2O3. The molecule has 0 radical (unpaired) electrons. The van der Waals surface area contributed by atoms with Crippen LogP contribution in [-0.2, 0) is 9.53 Å². The first-order chi connectivity index (χ1) is 7.25. The second-order valence-corrected chi connectivity index (χ2v) is 4.53. The third-order valence-corrected chi connectivity index (χ3v) is 3.66. The number of amides is 3. The van der Waals surface area contributed by atoms with Gasteiger partial charge in [0.05, 0.1) is 12.1 Å². The Hall–Kier alpha value is -1.10. The third kappa shape index (κ3) is 1.33. The maximum absolute atomic E-state index is 11.5. The van der Waals surface area contributed by atoms with E-state index in [4.69, 9.17) is 4.74 Å². The summed E-state index contributed by atoms with van der Waals surface area (Å²) in [6, 6.07) is -0.479. The molecule has 2 aliphatic heterocycles. The van der Waals surface area contributed by atoms with Crippen LogP contribution in [-0.4, -0.2) is 30.2 Å². The lowest BCUT2D eigenvalue weighted by Crippen LogP contribution is -2.61. The molecule has 3 rings (SSSR count). The van der Waals surface area contributed by atoms with E-state index in [9.17, 15) is 9.59 Å². The van der Waals surface area contributed by atoms with Gasteiger partial charge in [0, 0.05) is 5.92 Å². The van der Waals surface area contributed by atoms with E-state index in [1.54, 1.807) is 0 Å². The van der Waals surface area contributed by atoms with Crippen LogP contribution in [0.3, 0.4) is 0 Å². The van der Waals surface area contributed by atoms with Crippen molar-refractivity contribution in [2.75, 3.05) is 0 Å². The lowest BCUT2D eigenvalue weighted by Gasteiger charge is -2.29. The molecule has 5 heteroatoms. The highest BCUT2D eigenvalue weighted by atomic mass is 16.5. The van der Waals surface area contributed by atoms with Gasteiger partial charge in [-0.25, -0.2) is 4.79 Å². The molecule has 2 saturated heterocycles. The van der Waals surface area contributed by atoms with E-state index in [1.165, 1.54) is 6.42 Å². The summed E-state index contributed by atoms with van der Waals surface area (Å²) in [7, 11) is 0. The minimum atomic E-state index is -0.462. The fourth-order valence-corrected chi connectivity index (χ4v) is 2.98. The molecule has 15 heavy (non-hydrogen) atoms. The average molecular weight is 210 g/mol. The van der Waals surface area contributed by atoms with Crippen molar-refractivity contribution >= 4 is 11.9 Å². The number of hydrogen-bond acceptors (Lipinski definition) is 3. The summed E-state index contributed by atoms with van der Waals surface area (Å²) in [4.78, 5) is 22.7. The van der Waals surface area contributed by atoms with Crippen molar-refractivity contribution in [3.05, 3.63) is 0 Å². The van der Waals surface area contributed by atoms with Crippen molar-refractivity contribution in [1.29, 1.82) is 0 Å². The van der Waals surface area contributed by atoms with Crippen LogP contribution in [0.25, 0.3) is 0 Å². The predicted molar refractivity (Wildman–Crippen MR) is 51.1 cm³/mol. The van der Waals surface area contributed by atoms with Crippen molar-refractivity contribution in [3.63, 3.8) is 0 Å². The molecule has 82 valence electrons. The number of urea groups is 1. The zero-order valence-electron chi connectivity index (χ0n) is 8.36. The van der Waals surface area contributed by atoms with Crippen LogP contribution >= 0.6 is 0 Å². The van der Waals surface area contributed by atoms with Crippen LogP contribution in [0.15, 0.2) is 0 Å². The van der Waals surface area contributed by atoms with Crippen molar-refractivity contribution in [1.82, 2.24) is 10.6 Å². The number of fused-ring (bicyclic) bond motifs is 3. The Balaban J connectivity index is 1.85. The summed E-state index contributed by atoms with van der Waals surface area (Å²) in [5.74, 6) is 0.0527. The van der Waals surface area contributed by atoms with Gasteiger partial charge in [-0.2, -0.15) is 0 Å². The van der Waals surface area contributed by atoms with E-state index < -0.39 is 6.10 Å². The molecule has 0 aromatic rings. The molecule has 1 aliphatic carbocycles. The highest BCUT2D eigenvalue weighted by Crippen LogP contribution is 2.38. The first kappa shape index (κ1) is 9.15. The molecule has 0 spiro atoms. The molecule has 3 amide bonds. The van der Waals surface area contributed by atoms with Gasteiger partial charge in [0.2, 0.25) is 0 Å². The second-order valence-electron chi connectivity index (χ2n) is 4.53. The maximum atomic E-state index is 11.5. The first-order valence-electron chi connectivity index (χ1n) is 5.52. The molecule has 2 heterocycles. The third-order valence-electron chi connectivity index (χ3n) is 3.66. The fourth-order valence-electron chi connectivity index (χ4n) is 2.98. The van der Waals surface area contributed by atoms with Gasteiger partial charge in [0.25, 0.3) is 5.91 Å². The van der Waals surface area contributed by atoms with Gasteiger partial charge in [0.1, 0.15) is 0 Å². The number of nitrogens with one attached hydrogen (secondary N) is 2. The molecule has 1 saturated carbocycles. The Bertz CT molecular complexity index is 318. The maximum Gasteiger partial charge on any atom is 0.321 e. The normalized spacial score (nSPS) is 44.0. The first-order valence-corrected chi connectivity index (χ1v) is 5.52. The topological polar surface area (TPSA) is 67.4 Å². The Morgan fingerprint density at radius 3 is 2.87 bits per heavy atom. The lowest BCUT2D eigenvalue weighted by molar-refractivity contribution is -0.133. The van der Waals surface area contributed by atoms with Gasteiger partial charge in [0.15, 0.2) is 6.10 Å². The van der Waals surface area contributed by atoms with Crippen LogP contribution < -0.4 is 10.6 Å². The van der Waals surface area contributed by atoms with Gasteiger partial charge >= 0.3 is 6.03 Å². The van der Waals surface area contributed by atoms with E-state index in [0.717, 1.165) is 19.3 Å². The van der Waals surface area contributed by atoms with E-state index >= 15 is 0 Å².